The SMILES string of the molecule is Cc1cccc(Nc2nc(NN)nc3sccc23)c1C#N. The van der Waals surface area contributed by atoms with Gasteiger partial charge < -0.3 is 5.32 Å². The second-order valence-corrected chi connectivity index (χ2v) is 5.31. The maximum atomic E-state index is 9.30. The third-order valence-corrected chi connectivity index (χ3v) is 3.90. The van der Waals surface area contributed by atoms with E-state index in [-0.39, 0.29) is 0 Å². The average Bonchev–Trinajstić information content (AvgIpc) is 2.96. The highest BCUT2D eigenvalue weighted by atomic mass is 32.1. The summed E-state index contributed by atoms with van der Waals surface area (Å²) in [6.07, 6.45) is 0. The number of nitrogens with zero attached hydrogens (tertiary/aromatic N) is 3. The number of nitrogens with two attached hydrogens (primary N) is 1. The van der Waals surface area contributed by atoms with Gasteiger partial charge in [-0.15, -0.1) is 11.3 Å². The molecular formula is C14H12N6S. The lowest BCUT2D eigenvalue weighted by molar-refractivity contribution is 1.16. The molecule has 4 N–H and O–H groups in total. The fourth-order valence-electron chi connectivity index (χ4n) is 2.06. The van der Waals surface area contributed by atoms with Gasteiger partial charge in [0, 0.05) is 0 Å². The third kappa shape index (κ3) is 2.38. The molecule has 3 aromatic rings. The number of rotatable bonds is 3. The fraction of sp³-hybridized carbons (Fsp3) is 0.0714. The highest BCUT2D eigenvalue weighted by Gasteiger charge is 2.11. The Bertz CT molecular complexity index is 848. The lowest BCUT2D eigenvalue weighted by Crippen LogP contribution is -2.11. The number of nitriles is 1. The number of anilines is 3. The van der Waals surface area contributed by atoms with Crippen LogP contribution in [0.3, 0.4) is 0 Å². The molecule has 0 saturated heterocycles. The summed E-state index contributed by atoms with van der Waals surface area (Å²) < 4.78 is 0. The molecule has 0 unspecified atom stereocenters. The van der Waals surface area contributed by atoms with Gasteiger partial charge in [0.2, 0.25) is 5.95 Å². The Labute approximate surface area is 125 Å². The zero-order valence-electron chi connectivity index (χ0n) is 11.2. The van der Waals surface area contributed by atoms with Crippen molar-refractivity contribution in [3.05, 3.63) is 40.8 Å². The summed E-state index contributed by atoms with van der Waals surface area (Å²) in [6.45, 7) is 1.90. The fourth-order valence-corrected chi connectivity index (χ4v) is 2.83. The highest BCUT2D eigenvalue weighted by molar-refractivity contribution is 7.16. The van der Waals surface area contributed by atoms with Crippen LogP contribution in [-0.2, 0) is 0 Å². The Kier molecular flexibility index (Phi) is 3.39. The summed E-state index contributed by atoms with van der Waals surface area (Å²) in [5, 5.41) is 15.3. The Morgan fingerprint density at radius 1 is 1.29 bits per heavy atom. The highest BCUT2D eigenvalue weighted by Crippen LogP contribution is 2.30. The maximum Gasteiger partial charge on any atom is 0.240 e. The summed E-state index contributed by atoms with van der Waals surface area (Å²) >= 11 is 1.50. The standard InChI is InChI=1S/C14H12N6S/c1-8-3-2-4-11(10(8)7-15)17-12-9-5-6-21-13(9)19-14(18-12)20-16/h2-6H,16H2,1H3,(H2,17,18,19,20). The summed E-state index contributed by atoms with van der Waals surface area (Å²) in [6, 6.07) is 9.79. The van der Waals surface area contributed by atoms with Crippen molar-refractivity contribution in [3.63, 3.8) is 0 Å². The van der Waals surface area contributed by atoms with E-state index in [1.54, 1.807) is 0 Å². The van der Waals surface area contributed by atoms with Crippen LogP contribution in [0.2, 0.25) is 0 Å². The molecule has 0 fully saturated rings. The van der Waals surface area contributed by atoms with E-state index in [0.29, 0.717) is 23.0 Å². The Morgan fingerprint density at radius 3 is 2.90 bits per heavy atom. The van der Waals surface area contributed by atoms with Crippen LogP contribution in [0.5, 0.6) is 0 Å². The van der Waals surface area contributed by atoms with E-state index in [1.807, 2.05) is 36.6 Å². The smallest absolute Gasteiger partial charge is 0.240 e. The second kappa shape index (κ2) is 5.36. The average molecular weight is 296 g/mol. The van der Waals surface area contributed by atoms with E-state index < -0.39 is 0 Å². The van der Waals surface area contributed by atoms with Crippen LogP contribution in [0.4, 0.5) is 17.5 Å². The van der Waals surface area contributed by atoms with Crippen LogP contribution < -0.4 is 16.6 Å². The topological polar surface area (TPSA) is 99.7 Å². The molecule has 21 heavy (non-hydrogen) atoms. The van der Waals surface area contributed by atoms with Crippen LogP contribution in [0.15, 0.2) is 29.6 Å². The molecule has 0 spiro atoms. The van der Waals surface area contributed by atoms with Crippen molar-refractivity contribution in [1.82, 2.24) is 9.97 Å². The number of nitrogens with one attached hydrogen (secondary N) is 2. The zero-order valence-corrected chi connectivity index (χ0v) is 12.0. The van der Waals surface area contributed by atoms with Crippen LogP contribution in [0, 0.1) is 18.3 Å². The molecule has 3 rings (SSSR count). The summed E-state index contributed by atoms with van der Waals surface area (Å²) in [4.78, 5) is 9.44. The van der Waals surface area contributed by atoms with Crippen molar-refractivity contribution in [1.29, 1.82) is 5.26 Å². The van der Waals surface area contributed by atoms with Gasteiger partial charge in [0.15, 0.2) is 0 Å². The molecule has 6 nitrogen and oxygen atoms in total. The van der Waals surface area contributed by atoms with Crippen molar-refractivity contribution >= 4 is 39.0 Å². The number of benzene rings is 1. The predicted molar refractivity (Wildman–Crippen MR) is 84.4 cm³/mol. The van der Waals surface area contributed by atoms with E-state index >= 15 is 0 Å². The molecule has 104 valence electrons. The molecular weight excluding hydrogens is 284 g/mol. The minimum atomic E-state index is 0.332. The molecule has 7 heteroatoms. The van der Waals surface area contributed by atoms with Crippen molar-refractivity contribution in [2.75, 3.05) is 10.7 Å². The molecule has 0 amide bonds. The van der Waals surface area contributed by atoms with Crippen LogP contribution in [0.25, 0.3) is 10.2 Å². The van der Waals surface area contributed by atoms with Crippen molar-refractivity contribution in [2.24, 2.45) is 5.84 Å². The first-order chi connectivity index (χ1) is 10.2. The summed E-state index contributed by atoms with van der Waals surface area (Å²) in [5.74, 6) is 6.36. The monoisotopic (exact) mass is 296 g/mol. The van der Waals surface area contributed by atoms with E-state index in [0.717, 1.165) is 15.8 Å². The lowest BCUT2D eigenvalue weighted by atomic mass is 10.1. The van der Waals surface area contributed by atoms with Gasteiger partial charge in [0.05, 0.1) is 16.6 Å². The van der Waals surface area contributed by atoms with Crippen molar-refractivity contribution < 1.29 is 0 Å². The number of aromatic nitrogens is 2. The van der Waals surface area contributed by atoms with Gasteiger partial charge in [-0.2, -0.15) is 10.2 Å². The first-order valence-electron chi connectivity index (χ1n) is 6.21. The molecule has 1 aromatic carbocycles. The predicted octanol–water partition coefficient (Wildman–Crippen LogP) is 2.90. The second-order valence-electron chi connectivity index (χ2n) is 4.41. The van der Waals surface area contributed by atoms with Crippen LogP contribution in [0.1, 0.15) is 11.1 Å². The number of aryl methyl sites for hydroxylation is 1. The maximum absolute atomic E-state index is 9.30. The van der Waals surface area contributed by atoms with Gasteiger partial charge in [-0.05, 0) is 30.0 Å². The normalized spacial score (nSPS) is 10.3. The van der Waals surface area contributed by atoms with Gasteiger partial charge in [-0.3, -0.25) is 5.43 Å². The Balaban J connectivity index is 2.12. The summed E-state index contributed by atoms with van der Waals surface area (Å²) in [7, 11) is 0. The molecule has 0 radical (unpaired) electrons. The van der Waals surface area contributed by atoms with Crippen molar-refractivity contribution in [2.45, 2.75) is 6.92 Å². The van der Waals surface area contributed by atoms with Gasteiger partial charge in [-0.25, -0.2) is 10.8 Å². The van der Waals surface area contributed by atoms with E-state index in [9.17, 15) is 5.26 Å². The molecule has 2 heterocycles. The minimum absolute atomic E-state index is 0.332. The largest absolute Gasteiger partial charge is 0.338 e. The van der Waals surface area contributed by atoms with Gasteiger partial charge >= 0.3 is 0 Å². The van der Waals surface area contributed by atoms with E-state index in [4.69, 9.17) is 5.84 Å². The van der Waals surface area contributed by atoms with Gasteiger partial charge in [0.25, 0.3) is 0 Å². The first kappa shape index (κ1) is 13.3. The van der Waals surface area contributed by atoms with Gasteiger partial charge in [-0.1, -0.05) is 12.1 Å². The van der Waals surface area contributed by atoms with Crippen LogP contribution in [-0.4, -0.2) is 9.97 Å². The Morgan fingerprint density at radius 2 is 2.14 bits per heavy atom. The van der Waals surface area contributed by atoms with Gasteiger partial charge in [0.1, 0.15) is 16.7 Å². The van der Waals surface area contributed by atoms with E-state index in [1.165, 1.54) is 11.3 Å². The molecule has 0 aliphatic heterocycles. The first-order valence-corrected chi connectivity index (χ1v) is 7.09. The molecule has 0 bridgehead atoms. The summed E-state index contributed by atoms with van der Waals surface area (Å²) in [5.41, 5.74) is 4.68. The quantitative estimate of drug-likeness (QED) is 0.507. The van der Waals surface area contributed by atoms with Crippen molar-refractivity contribution in [3.8, 4) is 6.07 Å². The molecule has 0 atom stereocenters. The lowest BCUT2D eigenvalue weighted by Gasteiger charge is -2.11. The number of hydrazine groups is 1. The minimum Gasteiger partial charge on any atom is -0.338 e. The van der Waals surface area contributed by atoms with E-state index in [2.05, 4.69) is 26.8 Å². The molecule has 0 aliphatic rings. The number of hydrogen-bond acceptors (Lipinski definition) is 7. The van der Waals surface area contributed by atoms with Crippen LogP contribution >= 0.6 is 11.3 Å². The number of hydrogen-bond donors (Lipinski definition) is 3. The zero-order chi connectivity index (χ0) is 14.8. The molecule has 2 aromatic heterocycles. The Hall–Kier alpha value is -2.69. The molecule has 0 aliphatic carbocycles. The molecule has 0 saturated carbocycles. The number of thiophene rings is 1. The number of nitrogen functional groups attached to an aromatic ring is 1. The number of fused-ring (bicyclic) bond motifs is 1. The third-order valence-electron chi connectivity index (χ3n) is 3.09.